The molecule has 0 unspecified atom stereocenters. The predicted octanol–water partition coefficient (Wildman–Crippen LogP) is 1.45. The van der Waals surface area contributed by atoms with Gasteiger partial charge in [0, 0.05) is 26.0 Å². The Hall–Kier alpha value is -2.04. The maximum atomic E-state index is 11.7. The SMILES string of the molecule is CCCNc1cccc(Cn2ccn(C)c2=O)n1. The van der Waals surface area contributed by atoms with Crippen molar-refractivity contribution in [1.82, 2.24) is 14.1 Å². The molecule has 96 valence electrons. The van der Waals surface area contributed by atoms with Gasteiger partial charge in [0.25, 0.3) is 0 Å². The van der Waals surface area contributed by atoms with E-state index in [2.05, 4.69) is 17.2 Å². The second-order valence-corrected chi connectivity index (χ2v) is 4.26. The summed E-state index contributed by atoms with van der Waals surface area (Å²) in [6.07, 6.45) is 4.59. The van der Waals surface area contributed by atoms with Crippen molar-refractivity contribution in [2.24, 2.45) is 7.05 Å². The molecule has 0 amide bonds. The lowest BCUT2D eigenvalue weighted by Gasteiger charge is -2.06. The van der Waals surface area contributed by atoms with Gasteiger partial charge in [-0.05, 0) is 18.6 Å². The molecular weight excluding hydrogens is 228 g/mol. The summed E-state index contributed by atoms with van der Waals surface area (Å²) in [7, 11) is 1.74. The van der Waals surface area contributed by atoms with Crippen molar-refractivity contribution in [3.05, 3.63) is 46.8 Å². The van der Waals surface area contributed by atoms with Crippen LogP contribution in [0.15, 0.2) is 35.4 Å². The molecule has 0 saturated heterocycles. The molecule has 18 heavy (non-hydrogen) atoms. The van der Waals surface area contributed by atoms with Gasteiger partial charge in [0.2, 0.25) is 0 Å². The Morgan fingerprint density at radius 1 is 1.33 bits per heavy atom. The summed E-state index contributed by atoms with van der Waals surface area (Å²) >= 11 is 0. The van der Waals surface area contributed by atoms with Crippen molar-refractivity contribution in [2.75, 3.05) is 11.9 Å². The van der Waals surface area contributed by atoms with Gasteiger partial charge in [-0.2, -0.15) is 0 Å². The normalized spacial score (nSPS) is 10.6. The quantitative estimate of drug-likeness (QED) is 0.868. The van der Waals surface area contributed by atoms with Gasteiger partial charge >= 0.3 is 5.69 Å². The van der Waals surface area contributed by atoms with E-state index in [1.807, 2.05) is 18.2 Å². The van der Waals surface area contributed by atoms with Crippen LogP contribution in [0.4, 0.5) is 5.82 Å². The molecule has 2 aromatic rings. The zero-order valence-corrected chi connectivity index (χ0v) is 10.8. The van der Waals surface area contributed by atoms with E-state index in [4.69, 9.17) is 0 Å². The third kappa shape index (κ3) is 2.80. The standard InChI is InChI=1S/C13H18N4O/c1-3-7-14-12-6-4-5-11(15-12)10-17-9-8-16(2)13(17)18/h4-6,8-9H,3,7,10H2,1-2H3,(H,14,15). The monoisotopic (exact) mass is 246 g/mol. The summed E-state index contributed by atoms with van der Waals surface area (Å²) in [4.78, 5) is 16.2. The molecule has 0 aliphatic rings. The number of pyridine rings is 1. The topological polar surface area (TPSA) is 51.9 Å². The highest BCUT2D eigenvalue weighted by Crippen LogP contribution is 2.05. The molecule has 0 fully saturated rings. The van der Waals surface area contributed by atoms with E-state index in [1.165, 1.54) is 0 Å². The Morgan fingerprint density at radius 2 is 2.17 bits per heavy atom. The van der Waals surface area contributed by atoms with E-state index in [1.54, 1.807) is 28.6 Å². The van der Waals surface area contributed by atoms with Gasteiger partial charge in [0.05, 0.1) is 12.2 Å². The number of anilines is 1. The first-order valence-corrected chi connectivity index (χ1v) is 6.12. The number of hydrogen-bond donors (Lipinski definition) is 1. The van der Waals surface area contributed by atoms with E-state index >= 15 is 0 Å². The second-order valence-electron chi connectivity index (χ2n) is 4.26. The Labute approximate surface area is 106 Å². The van der Waals surface area contributed by atoms with Crippen molar-refractivity contribution in [2.45, 2.75) is 19.9 Å². The average Bonchev–Trinajstić information content (AvgIpc) is 2.69. The fourth-order valence-electron chi connectivity index (χ4n) is 1.72. The van der Waals surface area contributed by atoms with Crippen LogP contribution in [0.25, 0.3) is 0 Å². The number of rotatable bonds is 5. The van der Waals surface area contributed by atoms with E-state index in [0.29, 0.717) is 6.54 Å². The number of aromatic nitrogens is 3. The predicted molar refractivity (Wildman–Crippen MR) is 71.8 cm³/mol. The van der Waals surface area contributed by atoms with Gasteiger partial charge in [-0.15, -0.1) is 0 Å². The van der Waals surface area contributed by atoms with Crippen LogP contribution in [0.2, 0.25) is 0 Å². The lowest BCUT2D eigenvalue weighted by Crippen LogP contribution is -2.22. The molecule has 0 bridgehead atoms. The van der Waals surface area contributed by atoms with Crippen molar-refractivity contribution in [3.63, 3.8) is 0 Å². The van der Waals surface area contributed by atoms with E-state index in [9.17, 15) is 4.79 Å². The maximum Gasteiger partial charge on any atom is 0.328 e. The lowest BCUT2D eigenvalue weighted by molar-refractivity contribution is 0.705. The molecule has 5 heteroatoms. The van der Waals surface area contributed by atoms with E-state index in [-0.39, 0.29) is 5.69 Å². The molecule has 0 aromatic carbocycles. The maximum absolute atomic E-state index is 11.7. The fraction of sp³-hybridized carbons (Fsp3) is 0.385. The van der Waals surface area contributed by atoms with Crippen LogP contribution in [-0.2, 0) is 13.6 Å². The van der Waals surface area contributed by atoms with Crippen molar-refractivity contribution in [3.8, 4) is 0 Å². The van der Waals surface area contributed by atoms with Crippen LogP contribution in [-0.4, -0.2) is 20.7 Å². The molecule has 0 saturated carbocycles. The molecule has 2 aromatic heterocycles. The molecule has 0 aliphatic heterocycles. The third-order valence-corrected chi connectivity index (χ3v) is 2.71. The van der Waals surface area contributed by atoms with Gasteiger partial charge in [0.1, 0.15) is 5.82 Å². The minimum absolute atomic E-state index is 0.0243. The molecule has 2 heterocycles. The van der Waals surface area contributed by atoms with Gasteiger partial charge in [-0.25, -0.2) is 9.78 Å². The number of imidazole rings is 1. The molecule has 0 aliphatic carbocycles. The lowest BCUT2D eigenvalue weighted by atomic mass is 10.3. The van der Waals surface area contributed by atoms with E-state index in [0.717, 1.165) is 24.5 Å². The van der Waals surface area contributed by atoms with Gasteiger partial charge < -0.3 is 9.88 Å². The largest absolute Gasteiger partial charge is 0.370 e. The summed E-state index contributed by atoms with van der Waals surface area (Å²) in [5, 5.41) is 3.24. The Kier molecular flexibility index (Phi) is 3.82. The Balaban J connectivity index is 2.14. The Morgan fingerprint density at radius 3 is 2.83 bits per heavy atom. The van der Waals surface area contributed by atoms with Gasteiger partial charge in [-0.3, -0.25) is 4.57 Å². The first-order valence-electron chi connectivity index (χ1n) is 6.12. The highest BCUT2D eigenvalue weighted by atomic mass is 16.1. The molecule has 0 atom stereocenters. The number of hydrogen-bond acceptors (Lipinski definition) is 3. The zero-order chi connectivity index (χ0) is 13.0. The van der Waals surface area contributed by atoms with Crippen molar-refractivity contribution >= 4 is 5.82 Å². The first kappa shape index (κ1) is 12.4. The summed E-state index contributed by atoms with van der Waals surface area (Å²) in [5.41, 5.74) is 0.855. The van der Waals surface area contributed by atoms with Gasteiger partial charge in [-0.1, -0.05) is 13.0 Å². The smallest absolute Gasteiger partial charge is 0.328 e. The van der Waals surface area contributed by atoms with Crippen molar-refractivity contribution in [1.29, 1.82) is 0 Å². The molecule has 0 spiro atoms. The molecule has 0 radical (unpaired) electrons. The molecular formula is C13H18N4O. The number of nitrogens with zero attached hydrogens (tertiary/aromatic N) is 3. The summed E-state index contributed by atoms with van der Waals surface area (Å²) in [6.45, 7) is 3.52. The van der Waals surface area contributed by atoms with Crippen LogP contribution in [0.3, 0.4) is 0 Å². The minimum Gasteiger partial charge on any atom is -0.370 e. The number of aryl methyl sites for hydroxylation is 1. The second kappa shape index (κ2) is 5.53. The highest BCUT2D eigenvalue weighted by Gasteiger charge is 2.02. The summed E-state index contributed by atoms with van der Waals surface area (Å²) in [6, 6.07) is 5.82. The first-order chi connectivity index (χ1) is 8.70. The van der Waals surface area contributed by atoms with E-state index < -0.39 is 0 Å². The van der Waals surface area contributed by atoms with Crippen LogP contribution in [0, 0.1) is 0 Å². The molecule has 5 nitrogen and oxygen atoms in total. The third-order valence-electron chi connectivity index (χ3n) is 2.71. The summed E-state index contributed by atoms with van der Waals surface area (Å²) in [5.74, 6) is 0.860. The summed E-state index contributed by atoms with van der Waals surface area (Å²) < 4.78 is 3.20. The fourth-order valence-corrected chi connectivity index (χ4v) is 1.72. The van der Waals surface area contributed by atoms with Crippen LogP contribution < -0.4 is 11.0 Å². The highest BCUT2D eigenvalue weighted by molar-refractivity contribution is 5.35. The molecule has 1 N–H and O–H groups in total. The van der Waals surface area contributed by atoms with Crippen molar-refractivity contribution < 1.29 is 0 Å². The minimum atomic E-state index is -0.0243. The van der Waals surface area contributed by atoms with Crippen LogP contribution in [0.5, 0.6) is 0 Å². The molecule has 2 rings (SSSR count). The van der Waals surface area contributed by atoms with Crippen LogP contribution >= 0.6 is 0 Å². The average molecular weight is 246 g/mol. The van der Waals surface area contributed by atoms with Gasteiger partial charge in [0.15, 0.2) is 0 Å². The van der Waals surface area contributed by atoms with Crippen LogP contribution in [0.1, 0.15) is 19.0 Å². The Bertz CT molecular complexity index is 570. The zero-order valence-electron chi connectivity index (χ0n) is 10.8. The number of nitrogens with one attached hydrogen (secondary N) is 1.